The number of aliphatic hydroxyl groups excluding tert-OH is 1. The van der Waals surface area contributed by atoms with E-state index in [0.29, 0.717) is 31.9 Å². The molecule has 6 heteroatoms. The summed E-state index contributed by atoms with van der Waals surface area (Å²) in [5.41, 5.74) is 1.36. The van der Waals surface area contributed by atoms with Gasteiger partial charge in [-0.15, -0.1) is 0 Å². The predicted molar refractivity (Wildman–Crippen MR) is 116 cm³/mol. The normalized spacial score (nSPS) is 24.8. The van der Waals surface area contributed by atoms with Crippen molar-refractivity contribution in [1.29, 1.82) is 0 Å². The number of nitrogens with zero attached hydrogens (tertiary/aromatic N) is 3. The molecule has 0 radical (unpaired) electrons. The fourth-order valence-electron chi connectivity index (χ4n) is 4.92. The molecular weight excluding hydrogens is 376 g/mol. The second-order valence-corrected chi connectivity index (χ2v) is 8.47. The average molecular weight is 402 g/mol. The van der Waals surface area contributed by atoms with Crippen molar-refractivity contribution in [1.82, 2.24) is 20.2 Å². The molecule has 0 unspecified atom stereocenters. The first-order chi connectivity index (χ1) is 14.7. The van der Waals surface area contributed by atoms with Gasteiger partial charge in [0.25, 0.3) is 0 Å². The maximum Gasteiger partial charge on any atom is 0.230 e. The van der Waals surface area contributed by atoms with Gasteiger partial charge in [0, 0.05) is 49.7 Å². The Morgan fingerprint density at radius 2 is 1.93 bits per heavy atom. The van der Waals surface area contributed by atoms with E-state index in [-0.39, 0.29) is 5.91 Å². The van der Waals surface area contributed by atoms with Crippen LogP contribution in [0.4, 0.5) is 0 Å². The molecule has 0 bridgehead atoms. The number of fused-ring (bicyclic) bond motifs is 1. The van der Waals surface area contributed by atoms with E-state index >= 15 is 0 Å². The van der Waals surface area contributed by atoms with Gasteiger partial charge in [0.1, 0.15) is 0 Å². The highest BCUT2D eigenvalue weighted by Gasteiger charge is 2.49. The molecule has 30 heavy (non-hydrogen) atoms. The van der Waals surface area contributed by atoms with E-state index in [0.717, 1.165) is 35.9 Å². The minimum Gasteiger partial charge on any atom is -0.392 e. The molecule has 2 aliphatic heterocycles. The molecule has 0 saturated carbocycles. The molecule has 0 aliphatic carbocycles. The summed E-state index contributed by atoms with van der Waals surface area (Å²) < 4.78 is 0. The third-order valence-corrected chi connectivity index (χ3v) is 6.54. The number of aliphatic hydroxyl groups is 1. The summed E-state index contributed by atoms with van der Waals surface area (Å²) in [5.74, 6) is 0.709. The second kappa shape index (κ2) is 7.78. The second-order valence-electron chi connectivity index (χ2n) is 8.47. The zero-order valence-corrected chi connectivity index (χ0v) is 16.9. The van der Waals surface area contributed by atoms with Crippen molar-refractivity contribution in [3.8, 4) is 11.4 Å². The number of hydrogen-bond donors (Lipinski definition) is 2. The van der Waals surface area contributed by atoms with Crippen LogP contribution in [0.25, 0.3) is 22.2 Å². The number of aromatic nitrogens is 2. The number of nitrogens with one attached hydrogen (secondary N) is 1. The van der Waals surface area contributed by atoms with Crippen molar-refractivity contribution >= 4 is 16.7 Å². The lowest BCUT2D eigenvalue weighted by Crippen LogP contribution is -2.61. The Bertz CT molecular complexity index is 1060. The van der Waals surface area contributed by atoms with Gasteiger partial charge >= 0.3 is 0 Å². The quantitative estimate of drug-likeness (QED) is 0.704. The minimum atomic E-state index is -0.680. The number of carbonyl (C=O) groups excluding carboxylic acids is 1. The molecule has 2 N–H and O–H groups in total. The van der Waals surface area contributed by atoms with Crippen LogP contribution in [0.3, 0.4) is 0 Å². The molecule has 3 aromatic rings. The standard InChI is InChI=1S/C24H26N4O2/c29-21-9-12-28(16-24(21)10-4-11-25-23(24)30)15-17-13-26-22(27-14-17)20-8-3-6-18-5-1-2-7-19(18)20/h1-3,5-8,13-14,21,29H,4,9-12,15-16H2,(H,25,30)/t21-,24+/m0/s1. The smallest absolute Gasteiger partial charge is 0.230 e. The van der Waals surface area contributed by atoms with Crippen LogP contribution in [0.5, 0.6) is 0 Å². The Hall–Kier alpha value is -2.83. The van der Waals surface area contributed by atoms with Gasteiger partial charge in [-0.25, -0.2) is 9.97 Å². The van der Waals surface area contributed by atoms with Crippen molar-refractivity contribution in [2.24, 2.45) is 5.41 Å². The fraction of sp³-hybridized carbons (Fsp3) is 0.375. The molecule has 5 rings (SSSR count). The number of amides is 1. The lowest BCUT2D eigenvalue weighted by molar-refractivity contribution is -0.149. The zero-order chi connectivity index (χ0) is 20.6. The summed E-state index contributed by atoms with van der Waals surface area (Å²) in [5, 5.41) is 15.8. The van der Waals surface area contributed by atoms with E-state index < -0.39 is 11.5 Å². The van der Waals surface area contributed by atoms with Crippen molar-refractivity contribution in [3.63, 3.8) is 0 Å². The van der Waals surface area contributed by atoms with E-state index in [1.807, 2.05) is 30.6 Å². The van der Waals surface area contributed by atoms with E-state index in [1.54, 1.807) is 0 Å². The number of likely N-dealkylation sites (tertiary alicyclic amines) is 1. The van der Waals surface area contributed by atoms with Crippen LogP contribution in [0.2, 0.25) is 0 Å². The molecule has 2 saturated heterocycles. The van der Waals surface area contributed by atoms with Crippen LogP contribution in [-0.4, -0.2) is 51.6 Å². The maximum absolute atomic E-state index is 12.6. The van der Waals surface area contributed by atoms with E-state index in [4.69, 9.17) is 0 Å². The van der Waals surface area contributed by atoms with Crippen molar-refractivity contribution in [2.45, 2.75) is 31.9 Å². The molecule has 2 atom stereocenters. The molecule has 6 nitrogen and oxygen atoms in total. The third-order valence-electron chi connectivity index (χ3n) is 6.54. The topological polar surface area (TPSA) is 78.4 Å². The van der Waals surface area contributed by atoms with Gasteiger partial charge in [-0.05, 0) is 30.0 Å². The summed E-state index contributed by atoms with van der Waals surface area (Å²) in [6.45, 7) is 2.72. The number of rotatable bonds is 3. The van der Waals surface area contributed by atoms with Crippen LogP contribution >= 0.6 is 0 Å². The first-order valence-electron chi connectivity index (χ1n) is 10.6. The van der Waals surface area contributed by atoms with Gasteiger partial charge in [-0.2, -0.15) is 0 Å². The molecule has 2 aliphatic rings. The highest BCUT2D eigenvalue weighted by atomic mass is 16.3. The maximum atomic E-state index is 12.6. The van der Waals surface area contributed by atoms with Crippen molar-refractivity contribution in [3.05, 3.63) is 60.4 Å². The van der Waals surface area contributed by atoms with Gasteiger partial charge < -0.3 is 10.4 Å². The van der Waals surface area contributed by atoms with Crippen LogP contribution in [0, 0.1) is 5.41 Å². The monoisotopic (exact) mass is 402 g/mol. The lowest BCUT2D eigenvalue weighted by Gasteiger charge is -2.46. The Balaban J connectivity index is 1.34. The fourth-order valence-corrected chi connectivity index (χ4v) is 4.92. The zero-order valence-electron chi connectivity index (χ0n) is 16.9. The Labute approximate surface area is 176 Å². The molecule has 2 fully saturated rings. The predicted octanol–water partition coefficient (Wildman–Crippen LogP) is 2.76. The Morgan fingerprint density at radius 3 is 2.77 bits per heavy atom. The molecule has 1 amide bonds. The largest absolute Gasteiger partial charge is 0.392 e. The van der Waals surface area contributed by atoms with Gasteiger partial charge in [-0.3, -0.25) is 9.69 Å². The highest BCUT2D eigenvalue weighted by molar-refractivity contribution is 5.94. The number of piperidine rings is 2. The SMILES string of the molecule is O=C1NCCC[C@]12CN(Cc1cnc(-c3cccc4ccccc34)nc1)CC[C@@H]2O. The summed E-state index contributed by atoms with van der Waals surface area (Å²) in [6, 6.07) is 14.4. The molecular formula is C24H26N4O2. The summed E-state index contributed by atoms with van der Waals surface area (Å²) in [4.78, 5) is 24.1. The summed E-state index contributed by atoms with van der Waals surface area (Å²) >= 11 is 0. The minimum absolute atomic E-state index is 0.00602. The van der Waals surface area contributed by atoms with E-state index in [1.165, 1.54) is 5.39 Å². The Morgan fingerprint density at radius 1 is 1.13 bits per heavy atom. The molecule has 2 aromatic carbocycles. The van der Waals surface area contributed by atoms with Crippen molar-refractivity contribution < 1.29 is 9.90 Å². The lowest BCUT2D eigenvalue weighted by atomic mass is 9.71. The summed E-state index contributed by atoms with van der Waals surface area (Å²) in [6.07, 6.45) is 5.46. The Kier molecular flexibility index (Phi) is 4.97. The van der Waals surface area contributed by atoms with E-state index in [9.17, 15) is 9.90 Å². The van der Waals surface area contributed by atoms with Gasteiger partial charge in [-0.1, -0.05) is 42.5 Å². The molecule has 1 spiro atoms. The van der Waals surface area contributed by atoms with Crippen LogP contribution in [0.15, 0.2) is 54.9 Å². The highest BCUT2D eigenvalue weighted by Crippen LogP contribution is 2.37. The number of benzene rings is 2. The van der Waals surface area contributed by atoms with Gasteiger partial charge in [0.05, 0.1) is 11.5 Å². The van der Waals surface area contributed by atoms with Gasteiger partial charge in [0.15, 0.2) is 5.82 Å². The molecule has 3 heterocycles. The number of carbonyl (C=O) groups is 1. The van der Waals surface area contributed by atoms with Crippen molar-refractivity contribution in [2.75, 3.05) is 19.6 Å². The summed E-state index contributed by atoms with van der Waals surface area (Å²) in [7, 11) is 0. The van der Waals surface area contributed by atoms with Gasteiger partial charge in [0.2, 0.25) is 5.91 Å². The first kappa shape index (κ1) is 19.2. The third kappa shape index (κ3) is 3.36. The molecule has 1 aromatic heterocycles. The van der Waals surface area contributed by atoms with Crippen LogP contribution in [-0.2, 0) is 11.3 Å². The number of hydrogen-bond acceptors (Lipinski definition) is 5. The van der Waals surface area contributed by atoms with Crippen LogP contribution < -0.4 is 5.32 Å². The molecule has 154 valence electrons. The average Bonchev–Trinajstić information content (AvgIpc) is 2.78. The van der Waals surface area contributed by atoms with Crippen LogP contribution in [0.1, 0.15) is 24.8 Å². The van der Waals surface area contributed by atoms with E-state index in [2.05, 4.69) is 44.5 Å². The first-order valence-corrected chi connectivity index (χ1v) is 10.6.